The van der Waals surface area contributed by atoms with E-state index in [0.29, 0.717) is 6.42 Å². The third-order valence-corrected chi connectivity index (χ3v) is 3.00. The lowest BCUT2D eigenvalue weighted by atomic mass is 10.2. The molecule has 0 aromatic heterocycles. The molecule has 0 radical (unpaired) electrons. The molecule has 0 bridgehead atoms. The lowest BCUT2D eigenvalue weighted by Gasteiger charge is -2.02. The number of primary amides is 1. The molecule has 100 valence electrons. The molecule has 1 fully saturated rings. The summed E-state index contributed by atoms with van der Waals surface area (Å²) in [4.78, 5) is 20.4. The van der Waals surface area contributed by atoms with Gasteiger partial charge in [-0.2, -0.15) is 11.8 Å². The number of thioether (sulfide) groups is 1. The second-order valence-corrected chi connectivity index (χ2v) is 4.76. The Morgan fingerprint density at radius 3 is 2.53 bits per heavy atom. The zero-order valence-electron chi connectivity index (χ0n) is 10.0. The van der Waals surface area contributed by atoms with Crippen LogP contribution in [0.1, 0.15) is 19.3 Å². The molecule has 1 heterocycles. The Hall–Kier alpha value is -0.790. The summed E-state index contributed by atoms with van der Waals surface area (Å²) >= 11 is 1.60. The van der Waals surface area contributed by atoms with E-state index in [-0.39, 0.29) is 11.9 Å². The van der Waals surface area contributed by atoms with Gasteiger partial charge in [0.1, 0.15) is 6.04 Å². The molecule has 1 amide bonds. The van der Waals surface area contributed by atoms with E-state index >= 15 is 0 Å². The minimum atomic E-state index is -0.913. The fraction of sp³-hybridized carbons (Fsp3) is 0.800. The molecule has 17 heavy (non-hydrogen) atoms. The summed E-state index contributed by atoms with van der Waals surface area (Å²) in [6, 6.07) is -0.729. The van der Waals surface area contributed by atoms with Crippen LogP contribution in [0.15, 0.2) is 0 Å². The molecule has 0 saturated carbocycles. The van der Waals surface area contributed by atoms with E-state index in [1.54, 1.807) is 11.8 Å². The first-order valence-corrected chi connectivity index (χ1v) is 6.88. The molecular formula is C10H21N3O3S. The average molecular weight is 263 g/mol. The SMILES string of the molecule is CSCCC(N)C(=O)O.NC(=O)[C@@H]1CCCN1. The molecule has 1 aliphatic rings. The van der Waals surface area contributed by atoms with Crippen LogP contribution >= 0.6 is 11.8 Å². The quantitative estimate of drug-likeness (QED) is 0.525. The lowest BCUT2D eigenvalue weighted by Crippen LogP contribution is -2.36. The fourth-order valence-corrected chi connectivity index (χ4v) is 1.79. The number of carboxylic acid groups (broad SMARTS) is 1. The highest BCUT2D eigenvalue weighted by atomic mass is 32.2. The molecule has 7 heteroatoms. The molecule has 0 aromatic carbocycles. The first-order chi connectivity index (χ1) is 7.99. The van der Waals surface area contributed by atoms with Gasteiger partial charge >= 0.3 is 5.97 Å². The minimum absolute atomic E-state index is 0.0463. The van der Waals surface area contributed by atoms with E-state index in [0.717, 1.165) is 25.1 Å². The molecule has 1 saturated heterocycles. The van der Waals surface area contributed by atoms with Gasteiger partial charge in [0.05, 0.1) is 6.04 Å². The number of amides is 1. The Balaban J connectivity index is 0.000000302. The Morgan fingerprint density at radius 2 is 2.24 bits per heavy atom. The third-order valence-electron chi connectivity index (χ3n) is 2.35. The van der Waals surface area contributed by atoms with Crippen molar-refractivity contribution in [3.63, 3.8) is 0 Å². The summed E-state index contributed by atoms with van der Waals surface area (Å²) in [7, 11) is 0. The van der Waals surface area contributed by atoms with Gasteiger partial charge in [0.15, 0.2) is 0 Å². The number of carbonyl (C=O) groups is 2. The number of rotatable bonds is 5. The number of carboxylic acids is 1. The zero-order valence-corrected chi connectivity index (χ0v) is 10.8. The first-order valence-electron chi connectivity index (χ1n) is 5.49. The van der Waals surface area contributed by atoms with Crippen LogP contribution in [0.2, 0.25) is 0 Å². The van der Waals surface area contributed by atoms with Crippen molar-refractivity contribution in [2.24, 2.45) is 11.5 Å². The highest BCUT2D eigenvalue weighted by molar-refractivity contribution is 7.98. The molecule has 0 aromatic rings. The van der Waals surface area contributed by atoms with Crippen LogP contribution in [0, 0.1) is 0 Å². The minimum Gasteiger partial charge on any atom is -0.480 e. The van der Waals surface area contributed by atoms with E-state index in [9.17, 15) is 9.59 Å². The lowest BCUT2D eigenvalue weighted by molar-refractivity contribution is -0.138. The van der Waals surface area contributed by atoms with Crippen molar-refractivity contribution in [2.45, 2.75) is 31.3 Å². The summed E-state index contributed by atoms with van der Waals surface area (Å²) < 4.78 is 0. The summed E-state index contributed by atoms with van der Waals surface area (Å²) in [5.41, 5.74) is 10.2. The van der Waals surface area contributed by atoms with E-state index in [1.807, 2.05) is 6.26 Å². The van der Waals surface area contributed by atoms with Crippen LogP contribution in [0.3, 0.4) is 0 Å². The zero-order chi connectivity index (χ0) is 13.3. The molecule has 2 atom stereocenters. The van der Waals surface area contributed by atoms with Crippen molar-refractivity contribution in [3.8, 4) is 0 Å². The molecule has 1 unspecified atom stereocenters. The first kappa shape index (κ1) is 16.2. The highest BCUT2D eigenvalue weighted by Crippen LogP contribution is 2.02. The normalized spacial score (nSPS) is 20.2. The van der Waals surface area contributed by atoms with Crippen LogP contribution in [0.5, 0.6) is 0 Å². The maximum atomic E-state index is 10.4. The monoisotopic (exact) mass is 263 g/mol. The van der Waals surface area contributed by atoms with Crippen LogP contribution in [-0.4, -0.2) is 47.6 Å². The Morgan fingerprint density at radius 1 is 1.59 bits per heavy atom. The predicted molar refractivity (Wildman–Crippen MR) is 68.8 cm³/mol. The van der Waals surface area contributed by atoms with Crippen molar-refractivity contribution in [2.75, 3.05) is 18.6 Å². The number of carbonyl (C=O) groups excluding carboxylic acids is 1. The van der Waals surface area contributed by atoms with Gasteiger partial charge < -0.3 is 21.9 Å². The average Bonchev–Trinajstić information content (AvgIpc) is 2.80. The summed E-state index contributed by atoms with van der Waals surface area (Å²) in [5.74, 6) is -0.320. The topological polar surface area (TPSA) is 118 Å². The van der Waals surface area contributed by atoms with Crippen molar-refractivity contribution in [1.29, 1.82) is 0 Å². The number of hydrogen-bond donors (Lipinski definition) is 4. The maximum absolute atomic E-state index is 10.4. The van der Waals surface area contributed by atoms with Gasteiger partial charge in [-0.25, -0.2) is 0 Å². The molecule has 0 aliphatic carbocycles. The number of nitrogens with one attached hydrogen (secondary N) is 1. The number of aliphatic carboxylic acids is 1. The van der Waals surface area contributed by atoms with E-state index < -0.39 is 12.0 Å². The molecule has 1 rings (SSSR count). The summed E-state index contributed by atoms with van der Waals surface area (Å²) in [5, 5.41) is 11.3. The standard InChI is InChI=1S/C5H10N2O.C5H11NO2S/c6-5(8)4-2-1-3-7-4;1-9-3-2-4(6)5(7)8/h4,7H,1-3H2,(H2,6,8);4H,2-3,6H2,1H3,(H,7,8)/t4-;/m0./s1. The highest BCUT2D eigenvalue weighted by Gasteiger charge is 2.18. The Bertz CT molecular complexity index is 245. The molecule has 6 N–H and O–H groups in total. The Kier molecular flexibility index (Phi) is 8.83. The van der Waals surface area contributed by atoms with Gasteiger partial charge in [-0.05, 0) is 37.8 Å². The van der Waals surface area contributed by atoms with Gasteiger partial charge in [-0.15, -0.1) is 0 Å². The number of nitrogens with two attached hydrogens (primary N) is 2. The van der Waals surface area contributed by atoms with Gasteiger partial charge in [0.25, 0.3) is 0 Å². The van der Waals surface area contributed by atoms with E-state index in [2.05, 4.69) is 5.32 Å². The fourth-order valence-electron chi connectivity index (χ4n) is 1.30. The van der Waals surface area contributed by atoms with Gasteiger partial charge in [-0.3, -0.25) is 9.59 Å². The summed E-state index contributed by atoms with van der Waals surface area (Å²) in [6.07, 6.45) is 4.47. The van der Waals surface area contributed by atoms with Crippen LogP contribution in [0.25, 0.3) is 0 Å². The van der Waals surface area contributed by atoms with E-state index in [1.165, 1.54) is 0 Å². The summed E-state index contributed by atoms with van der Waals surface area (Å²) in [6.45, 7) is 0.938. The smallest absolute Gasteiger partial charge is 0.320 e. The second kappa shape index (κ2) is 9.26. The van der Waals surface area contributed by atoms with Crippen molar-refractivity contribution in [3.05, 3.63) is 0 Å². The van der Waals surface area contributed by atoms with Crippen molar-refractivity contribution < 1.29 is 14.7 Å². The van der Waals surface area contributed by atoms with Crippen molar-refractivity contribution in [1.82, 2.24) is 5.32 Å². The van der Waals surface area contributed by atoms with Crippen LogP contribution in [-0.2, 0) is 9.59 Å². The van der Waals surface area contributed by atoms with Crippen molar-refractivity contribution >= 4 is 23.6 Å². The number of hydrogen-bond acceptors (Lipinski definition) is 5. The van der Waals surface area contributed by atoms with Gasteiger partial charge in [0, 0.05) is 0 Å². The molecular weight excluding hydrogens is 242 g/mol. The third kappa shape index (κ3) is 8.00. The molecule has 6 nitrogen and oxygen atoms in total. The Labute approximate surface area is 105 Å². The van der Waals surface area contributed by atoms with Crippen LogP contribution < -0.4 is 16.8 Å². The van der Waals surface area contributed by atoms with Gasteiger partial charge in [0.2, 0.25) is 5.91 Å². The molecule has 0 spiro atoms. The van der Waals surface area contributed by atoms with E-state index in [4.69, 9.17) is 16.6 Å². The largest absolute Gasteiger partial charge is 0.480 e. The van der Waals surface area contributed by atoms with Gasteiger partial charge in [-0.1, -0.05) is 0 Å². The second-order valence-electron chi connectivity index (χ2n) is 3.78. The maximum Gasteiger partial charge on any atom is 0.320 e. The molecule has 1 aliphatic heterocycles. The predicted octanol–water partition coefficient (Wildman–Crippen LogP) is -0.625. The van der Waals surface area contributed by atoms with Crippen LogP contribution in [0.4, 0.5) is 0 Å².